The summed E-state index contributed by atoms with van der Waals surface area (Å²) in [5, 5.41) is 15.2. The largest absolute Gasteiger partial charge is 0.399 e. The molecule has 0 aliphatic carbocycles. The number of anilines is 1. The Kier molecular flexibility index (Phi) is 4.82. The molecule has 0 aromatic heterocycles. The minimum Gasteiger partial charge on any atom is -0.399 e. The Morgan fingerprint density at radius 2 is 2.11 bits per heavy atom. The van der Waals surface area contributed by atoms with Gasteiger partial charge in [-0.3, -0.25) is 15.8 Å². The van der Waals surface area contributed by atoms with E-state index in [2.05, 4.69) is 4.99 Å². The first-order chi connectivity index (χ1) is 9.01. The summed E-state index contributed by atoms with van der Waals surface area (Å²) < 4.78 is 0. The number of nitrogens with two attached hydrogens (primary N) is 2. The van der Waals surface area contributed by atoms with Gasteiger partial charge in [-0.05, 0) is 12.1 Å². The van der Waals surface area contributed by atoms with E-state index in [0.29, 0.717) is 17.0 Å². The minimum atomic E-state index is 0.0977. The van der Waals surface area contributed by atoms with Gasteiger partial charge in [0.05, 0.1) is 17.6 Å². The molecule has 6 nitrogen and oxygen atoms in total. The summed E-state index contributed by atoms with van der Waals surface area (Å²) in [5.74, 6) is 0.0977. The van der Waals surface area contributed by atoms with Crippen molar-refractivity contribution in [2.24, 2.45) is 10.7 Å². The number of rotatable bonds is 4. The molecule has 0 amide bonds. The van der Waals surface area contributed by atoms with Crippen LogP contribution in [0.2, 0.25) is 0 Å². The van der Waals surface area contributed by atoms with Crippen molar-refractivity contribution in [3.8, 4) is 0 Å². The van der Waals surface area contributed by atoms with E-state index < -0.39 is 0 Å². The van der Waals surface area contributed by atoms with Gasteiger partial charge in [-0.1, -0.05) is 12.1 Å². The number of benzene rings is 1. The molecule has 0 heterocycles. The van der Waals surface area contributed by atoms with Crippen molar-refractivity contribution in [2.45, 2.75) is 0 Å². The van der Waals surface area contributed by atoms with Crippen molar-refractivity contribution < 1.29 is 0 Å². The molecule has 6 N–H and O–H groups in total. The molecule has 0 saturated carbocycles. The highest BCUT2D eigenvalue weighted by atomic mass is 15.1. The zero-order valence-electron chi connectivity index (χ0n) is 11.0. The summed E-state index contributed by atoms with van der Waals surface area (Å²) in [6.45, 7) is 0. The smallest absolute Gasteiger partial charge is 0.136 e. The van der Waals surface area contributed by atoms with E-state index in [-0.39, 0.29) is 5.84 Å². The van der Waals surface area contributed by atoms with Crippen LogP contribution in [0.5, 0.6) is 0 Å². The Bertz CT molecular complexity index is 544. The van der Waals surface area contributed by atoms with Gasteiger partial charge in [0, 0.05) is 31.6 Å². The van der Waals surface area contributed by atoms with Crippen LogP contribution in [-0.4, -0.2) is 37.4 Å². The number of nitrogen functional groups attached to an aromatic ring is 1. The van der Waals surface area contributed by atoms with Crippen LogP contribution in [0, 0.1) is 10.8 Å². The molecule has 0 fully saturated rings. The fourth-order valence-corrected chi connectivity index (χ4v) is 1.50. The van der Waals surface area contributed by atoms with Gasteiger partial charge in [0.2, 0.25) is 0 Å². The third-order valence-electron chi connectivity index (χ3n) is 2.55. The van der Waals surface area contributed by atoms with Gasteiger partial charge < -0.3 is 16.4 Å². The Morgan fingerprint density at radius 1 is 1.42 bits per heavy atom. The van der Waals surface area contributed by atoms with Crippen LogP contribution in [0.4, 0.5) is 5.69 Å². The summed E-state index contributed by atoms with van der Waals surface area (Å²) in [7, 11) is 3.20. The van der Waals surface area contributed by atoms with Gasteiger partial charge in [0.15, 0.2) is 0 Å². The molecular weight excluding hydrogens is 240 g/mol. The molecular formula is C13H18N6. The standard InChI is InChI=1S/C13H18N6/c1-18-7-11(13(17)19(2)8-14)12(16)9-4-3-5-10(15)6-9/h3-8,14,17H,15-16H2,1-2H3/b12-11+,14-8?,17-13?,18-7?. The van der Waals surface area contributed by atoms with Gasteiger partial charge in [0.25, 0.3) is 0 Å². The molecule has 0 radical (unpaired) electrons. The summed E-state index contributed by atoms with van der Waals surface area (Å²) >= 11 is 0. The fraction of sp³-hybridized carbons (Fsp3) is 0.154. The van der Waals surface area contributed by atoms with E-state index in [9.17, 15) is 0 Å². The minimum absolute atomic E-state index is 0.0977. The lowest BCUT2D eigenvalue weighted by molar-refractivity contribution is 0.766. The number of amidine groups is 1. The van der Waals surface area contributed by atoms with E-state index in [0.717, 1.165) is 11.9 Å². The number of hydrogen-bond donors (Lipinski definition) is 4. The topological polar surface area (TPSA) is 115 Å². The molecule has 1 aromatic rings. The summed E-state index contributed by atoms with van der Waals surface area (Å²) in [6.07, 6.45) is 2.54. The van der Waals surface area contributed by atoms with Crippen molar-refractivity contribution in [1.82, 2.24) is 4.90 Å². The van der Waals surface area contributed by atoms with E-state index in [1.807, 2.05) is 6.07 Å². The average Bonchev–Trinajstić information content (AvgIpc) is 2.42. The Morgan fingerprint density at radius 3 is 2.63 bits per heavy atom. The Hall–Kier alpha value is -2.63. The molecule has 0 atom stereocenters. The lowest BCUT2D eigenvalue weighted by atomic mass is 10.1. The lowest BCUT2D eigenvalue weighted by Gasteiger charge is -2.16. The van der Waals surface area contributed by atoms with Crippen LogP contribution in [0.1, 0.15) is 5.56 Å². The summed E-state index contributed by atoms with van der Waals surface area (Å²) in [6, 6.07) is 7.10. The fourth-order valence-electron chi connectivity index (χ4n) is 1.50. The number of nitrogens with one attached hydrogen (secondary N) is 2. The monoisotopic (exact) mass is 258 g/mol. The van der Waals surface area contributed by atoms with Crippen LogP contribution in [0.3, 0.4) is 0 Å². The summed E-state index contributed by atoms with van der Waals surface area (Å²) in [5.41, 5.74) is 14.0. The SMILES string of the molecule is CN=C/C(C(=N)N(C)C=N)=C(\N)c1cccc(N)c1. The normalized spacial score (nSPS) is 12.1. The van der Waals surface area contributed by atoms with E-state index >= 15 is 0 Å². The van der Waals surface area contributed by atoms with E-state index in [4.69, 9.17) is 22.3 Å². The second kappa shape index (κ2) is 6.34. The first-order valence-corrected chi connectivity index (χ1v) is 5.61. The third kappa shape index (κ3) is 3.41. The predicted molar refractivity (Wildman–Crippen MR) is 80.7 cm³/mol. The number of likely N-dealkylation sites (N-methyl/N-ethyl adjacent to an activating group) is 1. The highest BCUT2D eigenvalue weighted by Crippen LogP contribution is 2.16. The van der Waals surface area contributed by atoms with Gasteiger partial charge in [-0.2, -0.15) is 0 Å². The molecule has 0 saturated heterocycles. The van der Waals surface area contributed by atoms with Crippen molar-refractivity contribution in [3.63, 3.8) is 0 Å². The van der Waals surface area contributed by atoms with E-state index in [1.54, 1.807) is 32.3 Å². The van der Waals surface area contributed by atoms with Crippen LogP contribution in [0.15, 0.2) is 34.8 Å². The van der Waals surface area contributed by atoms with Crippen LogP contribution in [0.25, 0.3) is 5.70 Å². The Labute approximate surface area is 112 Å². The van der Waals surface area contributed by atoms with Crippen molar-refractivity contribution in [3.05, 3.63) is 35.4 Å². The van der Waals surface area contributed by atoms with Crippen molar-refractivity contribution >= 4 is 29.8 Å². The molecule has 0 spiro atoms. The number of hydrogen-bond acceptors (Lipinski definition) is 5. The molecule has 19 heavy (non-hydrogen) atoms. The zero-order valence-corrected chi connectivity index (χ0v) is 11.0. The highest BCUT2D eigenvalue weighted by molar-refractivity contribution is 6.21. The van der Waals surface area contributed by atoms with Crippen LogP contribution in [-0.2, 0) is 0 Å². The molecule has 0 unspecified atom stereocenters. The molecule has 100 valence electrons. The van der Waals surface area contributed by atoms with Gasteiger partial charge in [0.1, 0.15) is 5.84 Å². The second-order valence-electron chi connectivity index (χ2n) is 3.93. The maximum absolute atomic E-state index is 8.00. The zero-order chi connectivity index (χ0) is 14.4. The number of aliphatic imine (C=N–C) groups is 1. The molecule has 1 aromatic carbocycles. The third-order valence-corrected chi connectivity index (χ3v) is 2.55. The first kappa shape index (κ1) is 14.4. The quantitative estimate of drug-likeness (QED) is 0.369. The van der Waals surface area contributed by atoms with Crippen LogP contribution >= 0.6 is 0 Å². The Balaban J connectivity index is 3.33. The molecule has 1 rings (SSSR count). The molecule has 6 heteroatoms. The maximum atomic E-state index is 8.00. The predicted octanol–water partition coefficient (Wildman–Crippen LogP) is 1.16. The van der Waals surface area contributed by atoms with Crippen LogP contribution < -0.4 is 11.5 Å². The molecule has 0 aliphatic rings. The maximum Gasteiger partial charge on any atom is 0.136 e. The summed E-state index contributed by atoms with van der Waals surface area (Å²) in [4.78, 5) is 5.25. The molecule has 0 bridgehead atoms. The first-order valence-electron chi connectivity index (χ1n) is 5.61. The van der Waals surface area contributed by atoms with Crippen molar-refractivity contribution in [2.75, 3.05) is 19.8 Å². The lowest BCUT2D eigenvalue weighted by Crippen LogP contribution is -2.28. The van der Waals surface area contributed by atoms with Crippen molar-refractivity contribution in [1.29, 1.82) is 10.8 Å². The second-order valence-corrected chi connectivity index (χ2v) is 3.93. The molecule has 0 aliphatic heterocycles. The van der Waals surface area contributed by atoms with Gasteiger partial charge in [-0.25, -0.2) is 0 Å². The van der Waals surface area contributed by atoms with E-state index in [1.165, 1.54) is 11.1 Å². The number of nitrogens with zero attached hydrogens (tertiary/aromatic N) is 2. The van der Waals surface area contributed by atoms with Gasteiger partial charge >= 0.3 is 0 Å². The van der Waals surface area contributed by atoms with Gasteiger partial charge in [-0.15, -0.1) is 0 Å². The highest BCUT2D eigenvalue weighted by Gasteiger charge is 2.12. The average molecular weight is 258 g/mol.